The number of benzene rings is 1. The van der Waals surface area contributed by atoms with E-state index in [0.717, 1.165) is 5.32 Å². The van der Waals surface area contributed by atoms with E-state index in [4.69, 9.17) is 13.6 Å². The van der Waals surface area contributed by atoms with Crippen molar-refractivity contribution in [2.24, 2.45) is 0 Å². The number of aliphatic hydroxyl groups is 1. The van der Waals surface area contributed by atoms with Crippen molar-refractivity contribution in [3.05, 3.63) is 63.4 Å². The van der Waals surface area contributed by atoms with Crippen LogP contribution in [0, 0.1) is 0 Å². The zero-order valence-corrected chi connectivity index (χ0v) is 29.5. The third-order valence-corrected chi connectivity index (χ3v) is 20.0. The van der Waals surface area contributed by atoms with E-state index >= 15 is 0 Å². The summed E-state index contributed by atoms with van der Waals surface area (Å²) in [5.74, 6) is 0. The molecule has 2 aromatic rings. The van der Waals surface area contributed by atoms with Crippen molar-refractivity contribution in [2.75, 3.05) is 6.61 Å². The molecule has 224 valence electrons. The van der Waals surface area contributed by atoms with E-state index in [0.29, 0.717) is 6.42 Å². The molecule has 0 radical (unpaired) electrons. The Kier molecular flexibility index (Phi) is 10.1. The van der Waals surface area contributed by atoms with Gasteiger partial charge in [-0.05, 0) is 0 Å². The normalized spacial score (nSPS) is 24.4. The molecule has 2 N–H and O–H groups in total. The van der Waals surface area contributed by atoms with Crippen molar-refractivity contribution in [1.29, 1.82) is 0 Å². The van der Waals surface area contributed by atoms with Crippen LogP contribution >= 0.6 is 0 Å². The van der Waals surface area contributed by atoms with Crippen molar-refractivity contribution in [1.82, 2.24) is 9.55 Å². The molecule has 0 saturated carbocycles. The van der Waals surface area contributed by atoms with E-state index in [1.54, 1.807) is 0 Å². The zero-order valence-electron chi connectivity index (χ0n) is 25.7. The molecule has 4 atom stereocenters. The van der Waals surface area contributed by atoms with Crippen LogP contribution in [0.25, 0.3) is 0 Å². The molecule has 1 saturated heterocycles. The van der Waals surface area contributed by atoms with Crippen LogP contribution in [-0.4, -0.2) is 70.7 Å². The topological polar surface area (TPSA) is 103 Å². The van der Waals surface area contributed by atoms with E-state index in [-0.39, 0.29) is 31.6 Å². The molecule has 3 rings (SSSR count). The first-order valence-electron chi connectivity index (χ1n) is 14.0. The van der Waals surface area contributed by atoms with Gasteiger partial charge in [0.05, 0.1) is 0 Å². The minimum absolute atomic E-state index is 0.0214. The van der Waals surface area contributed by atoms with Gasteiger partial charge in [0.2, 0.25) is 0 Å². The quantitative estimate of drug-likeness (QED) is 0.368. The summed E-state index contributed by atoms with van der Waals surface area (Å²) >= 11 is 0.135. The fourth-order valence-corrected chi connectivity index (χ4v) is 8.56. The summed E-state index contributed by atoms with van der Waals surface area (Å²) < 4.78 is 22.7. The van der Waals surface area contributed by atoms with Crippen LogP contribution in [0.1, 0.15) is 54.2 Å². The van der Waals surface area contributed by atoms with Crippen LogP contribution in [0.2, 0.25) is 41.6 Å². The molecule has 2 heterocycles. The molecule has 1 aromatic carbocycles. The van der Waals surface area contributed by atoms with E-state index < -0.39 is 51.9 Å². The van der Waals surface area contributed by atoms with Crippen LogP contribution in [0.4, 0.5) is 0 Å². The van der Waals surface area contributed by atoms with Crippen LogP contribution < -0.4 is 15.7 Å². The van der Waals surface area contributed by atoms with Gasteiger partial charge in [-0.25, -0.2) is 0 Å². The molecule has 11 heteroatoms. The summed E-state index contributed by atoms with van der Waals surface area (Å²) in [7, 11) is -4.61. The van der Waals surface area contributed by atoms with Crippen molar-refractivity contribution in [2.45, 2.75) is 114 Å². The third kappa shape index (κ3) is 7.36. The number of nitrogens with one attached hydrogen (secondary N) is 1. The molecule has 1 aliphatic heterocycles. The molecular formula is C29H48N2O6SeSi2. The predicted molar refractivity (Wildman–Crippen MR) is 167 cm³/mol. The predicted octanol–water partition coefficient (Wildman–Crippen LogP) is 4.42. The standard InChI is InChI=1S/C29H48N2O6SeSi2/c1-27(2,3)39(7,8)35-20-22-29(34,17-19-38-21-14-12-11-13-15-21)24(37-40(9,10)28(4,5)6)25(36-22)31-18-16-23(32)30-26(31)33/h11-16,18,22,24-25,34H,17,19-20H2,1-10H3,(H,30,32,33)/t22-,24+,25-,29-/m1/s1. The fourth-order valence-electron chi connectivity index (χ4n) is 4.12. The SMILES string of the molecule is CC(C)(C)[Si](C)(C)OC[C@H]1O[C@@H](n2ccc(=O)[nH]c2=O)[C@H](O[Si](C)(C)C(C)(C)C)[C@@]1(O)CC[Se]c1ccccc1. The molecule has 1 fully saturated rings. The Balaban J connectivity index is 2.06. The first-order valence-corrected chi connectivity index (χ1v) is 21.9. The second-order valence-electron chi connectivity index (χ2n) is 13.8. The molecule has 40 heavy (non-hydrogen) atoms. The summed E-state index contributed by atoms with van der Waals surface area (Å²) in [5, 5.41) is 13.2. The molecule has 0 unspecified atom stereocenters. The first kappa shape index (κ1) is 33.2. The summed E-state index contributed by atoms with van der Waals surface area (Å²) in [5.41, 5.74) is -2.49. The van der Waals surface area contributed by atoms with E-state index in [2.05, 4.69) is 84.8 Å². The maximum absolute atomic E-state index is 13.0. The second-order valence-corrected chi connectivity index (χ2v) is 25.8. The molecule has 0 spiro atoms. The van der Waals surface area contributed by atoms with Crippen LogP contribution in [0.3, 0.4) is 0 Å². The number of aromatic amines is 1. The van der Waals surface area contributed by atoms with Crippen molar-refractivity contribution in [3.63, 3.8) is 0 Å². The number of hydrogen-bond donors (Lipinski definition) is 2. The van der Waals surface area contributed by atoms with Gasteiger partial charge < -0.3 is 0 Å². The molecule has 1 aliphatic rings. The second kappa shape index (κ2) is 12.1. The monoisotopic (exact) mass is 656 g/mol. The van der Waals surface area contributed by atoms with Crippen molar-refractivity contribution >= 4 is 36.1 Å². The van der Waals surface area contributed by atoms with Gasteiger partial charge >= 0.3 is 248 Å². The van der Waals surface area contributed by atoms with Crippen molar-refractivity contribution in [3.8, 4) is 0 Å². The fraction of sp³-hybridized carbons (Fsp3) is 0.655. The zero-order chi connectivity index (χ0) is 30.1. The maximum atomic E-state index is 13.0. The van der Waals surface area contributed by atoms with Crippen LogP contribution in [0.15, 0.2) is 52.2 Å². The van der Waals surface area contributed by atoms with Gasteiger partial charge in [0.15, 0.2) is 0 Å². The molecule has 0 aliphatic carbocycles. The van der Waals surface area contributed by atoms with E-state index in [1.807, 2.05) is 18.2 Å². The minimum atomic E-state index is -2.44. The third-order valence-electron chi connectivity index (χ3n) is 8.88. The van der Waals surface area contributed by atoms with Crippen LogP contribution in [0.5, 0.6) is 0 Å². The Hall–Kier alpha value is -1.31. The van der Waals surface area contributed by atoms with Gasteiger partial charge in [-0.15, -0.1) is 0 Å². The molecule has 8 nitrogen and oxygen atoms in total. The molecular weight excluding hydrogens is 607 g/mol. The average molecular weight is 656 g/mol. The van der Waals surface area contributed by atoms with Gasteiger partial charge in [0.1, 0.15) is 0 Å². The number of ether oxygens (including phenoxy) is 1. The Morgan fingerprint density at radius 2 is 1.60 bits per heavy atom. The summed E-state index contributed by atoms with van der Waals surface area (Å²) in [6.45, 7) is 21.8. The van der Waals surface area contributed by atoms with Gasteiger partial charge in [-0.3, -0.25) is 0 Å². The number of hydrogen-bond acceptors (Lipinski definition) is 6. The Morgan fingerprint density at radius 3 is 2.15 bits per heavy atom. The molecule has 0 amide bonds. The number of rotatable bonds is 10. The Bertz CT molecular complexity index is 1250. The van der Waals surface area contributed by atoms with Crippen molar-refractivity contribution < 1.29 is 18.7 Å². The van der Waals surface area contributed by atoms with Crippen LogP contribution in [-0.2, 0) is 13.6 Å². The van der Waals surface area contributed by atoms with Gasteiger partial charge in [0.25, 0.3) is 0 Å². The number of H-pyrrole nitrogens is 1. The Morgan fingerprint density at radius 1 is 1.00 bits per heavy atom. The molecule has 0 bridgehead atoms. The molecule has 1 aromatic heterocycles. The van der Waals surface area contributed by atoms with Gasteiger partial charge in [-0.2, -0.15) is 0 Å². The average Bonchev–Trinajstić information content (AvgIpc) is 3.08. The number of aromatic nitrogens is 2. The van der Waals surface area contributed by atoms with Gasteiger partial charge in [0, 0.05) is 0 Å². The first-order chi connectivity index (χ1) is 18.3. The summed E-state index contributed by atoms with van der Waals surface area (Å²) in [6, 6.07) is 11.6. The number of nitrogens with zero attached hydrogens (tertiary/aromatic N) is 1. The van der Waals surface area contributed by atoms with E-state index in [1.165, 1.54) is 21.3 Å². The summed E-state index contributed by atoms with van der Waals surface area (Å²) in [6.07, 6.45) is -0.593. The summed E-state index contributed by atoms with van der Waals surface area (Å²) in [4.78, 5) is 27.2. The van der Waals surface area contributed by atoms with Gasteiger partial charge in [-0.1, -0.05) is 0 Å². The Labute approximate surface area is 247 Å². The van der Waals surface area contributed by atoms with E-state index in [9.17, 15) is 14.7 Å².